The van der Waals surface area contributed by atoms with Gasteiger partial charge in [0.1, 0.15) is 5.75 Å². The zero-order valence-electron chi connectivity index (χ0n) is 13.5. The van der Waals surface area contributed by atoms with E-state index in [4.69, 9.17) is 0 Å². The average molecular weight is 494 g/mol. The van der Waals surface area contributed by atoms with Gasteiger partial charge in [-0.15, -0.1) is 49.3 Å². The molecule has 1 N–H and O–H groups in total. The third-order valence-corrected chi connectivity index (χ3v) is 5.24. The van der Waals surface area contributed by atoms with Crippen molar-refractivity contribution in [2.24, 2.45) is 0 Å². The summed E-state index contributed by atoms with van der Waals surface area (Å²) in [5, 5.41) is 5.21. The lowest BCUT2D eigenvalue weighted by Gasteiger charge is -2.35. The van der Waals surface area contributed by atoms with E-state index in [0.717, 1.165) is 35.5 Å². The van der Waals surface area contributed by atoms with Crippen LogP contribution in [0.3, 0.4) is 0 Å². The lowest BCUT2D eigenvalue weighted by atomic mass is 10.0. The summed E-state index contributed by atoms with van der Waals surface area (Å²) in [7, 11) is 0. The van der Waals surface area contributed by atoms with Gasteiger partial charge in [-0.2, -0.15) is 0 Å². The summed E-state index contributed by atoms with van der Waals surface area (Å²) >= 11 is 4.91. The highest BCUT2D eigenvalue weighted by Gasteiger charge is 2.35. The number of hydrogen-bond donors (Lipinski definition) is 1. The van der Waals surface area contributed by atoms with E-state index >= 15 is 0 Å². The van der Waals surface area contributed by atoms with Crippen LogP contribution in [0, 0.1) is 0 Å². The number of halogens is 6. The average Bonchev–Trinajstić information content (AvgIpc) is 3.04. The molecular weight excluding hydrogens is 476 g/mol. The number of thiophene rings is 1. The largest absolute Gasteiger partial charge is 0.573 e. The van der Waals surface area contributed by atoms with Crippen molar-refractivity contribution in [2.75, 3.05) is 26.2 Å². The van der Waals surface area contributed by atoms with Gasteiger partial charge in [-0.3, -0.25) is 4.90 Å². The maximum Gasteiger partial charge on any atom is 0.573 e. The Hall–Kier alpha value is -0.510. The van der Waals surface area contributed by atoms with Crippen LogP contribution in [-0.4, -0.2) is 37.4 Å². The standard InChI is InChI=1S/C16H16BrF3N2OS.2ClH/c17-11-3-4-13(23-16(18,19)20)12(10-11)15(14-2-1-9-24-14)22-7-5-21-6-8-22;;/h1-4,9-10,15,21H,5-8H2;2*1H/t15-;;/m0../s1. The smallest absolute Gasteiger partial charge is 0.405 e. The number of piperazine rings is 1. The van der Waals surface area contributed by atoms with Gasteiger partial charge in [0.2, 0.25) is 0 Å². The van der Waals surface area contributed by atoms with Crippen LogP contribution >= 0.6 is 52.1 Å². The minimum Gasteiger partial charge on any atom is -0.405 e. The van der Waals surface area contributed by atoms with E-state index in [1.54, 1.807) is 12.1 Å². The summed E-state index contributed by atoms with van der Waals surface area (Å²) in [5.41, 5.74) is 0.519. The van der Waals surface area contributed by atoms with Gasteiger partial charge < -0.3 is 10.1 Å². The van der Waals surface area contributed by atoms with Crippen LogP contribution in [0.15, 0.2) is 40.2 Å². The van der Waals surface area contributed by atoms with Crippen molar-refractivity contribution >= 4 is 52.1 Å². The predicted octanol–water partition coefficient (Wildman–Crippen LogP) is 5.25. The van der Waals surface area contributed by atoms with Crippen molar-refractivity contribution in [1.29, 1.82) is 0 Å². The molecule has 1 fully saturated rings. The topological polar surface area (TPSA) is 24.5 Å². The van der Waals surface area contributed by atoms with Crippen LogP contribution in [0.5, 0.6) is 5.75 Å². The van der Waals surface area contributed by atoms with Gasteiger partial charge >= 0.3 is 6.36 Å². The van der Waals surface area contributed by atoms with Gasteiger partial charge in [-0.25, -0.2) is 0 Å². The van der Waals surface area contributed by atoms with E-state index in [-0.39, 0.29) is 36.6 Å². The second-order valence-corrected chi connectivity index (χ2v) is 7.33. The van der Waals surface area contributed by atoms with E-state index in [2.05, 4.69) is 30.9 Å². The van der Waals surface area contributed by atoms with Gasteiger partial charge in [0.05, 0.1) is 6.04 Å². The molecule has 3 nitrogen and oxygen atoms in total. The first-order chi connectivity index (χ1) is 11.4. The summed E-state index contributed by atoms with van der Waals surface area (Å²) in [6, 6.07) is 8.26. The molecule has 1 saturated heterocycles. The van der Waals surface area contributed by atoms with Crippen molar-refractivity contribution in [3.8, 4) is 5.75 Å². The third-order valence-electron chi connectivity index (χ3n) is 3.82. The summed E-state index contributed by atoms with van der Waals surface area (Å²) in [5.74, 6) is -0.150. The molecule has 1 aliphatic heterocycles. The number of benzene rings is 1. The van der Waals surface area contributed by atoms with E-state index < -0.39 is 6.36 Å². The predicted molar refractivity (Wildman–Crippen MR) is 106 cm³/mol. The SMILES string of the molecule is Cl.Cl.FC(F)(F)Oc1ccc(Br)cc1[C@@H](c1cccs1)N1CCNCC1. The minimum absolute atomic E-state index is 0. The molecule has 0 unspecified atom stereocenters. The Labute approximate surface area is 174 Å². The first kappa shape index (κ1) is 23.5. The molecule has 2 heterocycles. The Bertz CT molecular complexity index is 683. The van der Waals surface area contributed by atoms with Gasteiger partial charge in [-0.1, -0.05) is 22.0 Å². The minimum atomic E-state index is -4.72. The fourth-order valence-electron chi connectivity index (χ4n) is 2.87. The van der Waals surface area contributed by atoms with E-state index in [1.807, 2.05) is 17.5 Å². The summed E-state index contributed by atoms with van der Waals surface area (Å²) in [6.07, 6.45) is -4.72. The molecule has 0 spiro atoms. The first-order valence-corrected chi connectivity index (χ1v) is 9.15. The number of hydrogen-bond acceptors (Lipinski definition) is 4. The molecule has 1 aromatic carbocycles. The normalized spacial score (nSPS) is 16.3. The lowest BCUT2D eigenvalue weighted by Crippen LogP contribution is -2.45. The molecule has 0 saturated carbocycles. The van der Waals surface area contributed by atoms with Crippen molar-refractivity contribution in [2.45, 2.75) is 12.4 Å². The molecule has 1 atom stereocenters. The molecule has 26 heavy (non-hydrogen) atoms. The van der Waals surface area contributed by atoms with Crippen molar-refractivity contribution in [3.05, 3.63) is 50.6 Å². The van der Waals surface area contributed by atoms with Crippen LogP contribution in [-0.2, 0) is 0 Å². The fourth-order valence-corrected chi connectivity index (χ4v) is 4.12. The van der Waals surface area contributed by atoms with Crippen LogP contribution in [0.1, 0.15) is 16.5 Å². The second kappa shape index (κ2) is 10.1. The molecule has 0 bridgehead atoms. The van der Waals surface area contributed by atoms with Crippen LogP contribution in [0.2, 0.25) is 0 Å². The highest BCUT2D eigenvalue weighted by Crippen LogP contribution is 2.40. The molecular formula is C16H18BrCl2F3N2OS. The highest BCUT2D eigenvalue weighted by molar-refractivity contribution is 9.10. The van der Waals surface area contributed by atoms with Crippen LogP contribution in [0.4, 0.5) is 13.2 Å². The first-order valence-electron chi connectivity index (χ1n) is 7.47. The zero-order valence-corrected chi connectivity index (χ0v) is 17.5. The van der Waals surface area contributed by atoms with E-state index in [1.165, 1.54) is 17.4 Å². The monoisotopic (exact) mass is 492 g/mol. The van der Waals surface area contributed by atoms with E-state index in [0.29, 0.717) is 5.56 Å². The molecule has 10 heteroatoms. The van der Waals surface area contributed by atoms with Crippen LogP contribution < -0.4 is 10.1 Å². The molecule has 0 amide bonds. The number of rotatable bonds is 4. The number of nitrogens with one attached hydrogen (secondary N) is 1. The van der Waals surface area contributed by atoms with E-state index in [9.17, 15) is 13.2 Å². The Balaban J connectivity index is 0.00000169. The van der Waals surface area contributed by atoms with Crippen molar-refractivity contribution < 1.29 is 17.9 Å². The Morgan fingerprint density at radius 1 is 1.15 bits per heavy atom. The number of nitrogens with zero attached hydrogens (tertiary/aromatic N) is 1. The Morgan fingerprint density at radius 2 is 1.85 bits per heavy atom. The van der Waals surface area contributed by atoms with Crippen LogP contribution in [0.25, 0.3) is 0 Å². The third kappa shape index (κ3) is 6.00. The van der Waals surface area contributed by atoms with Gasteiger partial charge in [0.25, 0.3) is 0 Å². The van der Waals surface area contributed by atoms with Crippen molar-refractivity contribution in [3.63, 3.8) is 0 Å². The summed E-state index contributed by atoms with van der Waals surface area (Å²) in [6.45, 7) is 3.15. The molecule has 146 valence electrons. The zero-order chi connectivity index (χ0) is 17.2. The maximum atomic E-state index is 12.8. The Kier molecular flexibility index (Phi) is 9.18. The Morgan fingerprint density at radius 3 is 2.42 bits per heavy atom. The number of ether oxygens (including phenoxy) is 1. The maximum absolute atomic E-state index is 12.8. The molecule has 2 aromatic rings. The summed E-state index contributed by atoms with van der Waals surface area (Å²) in [4.78, 5) is 3.19. The highest BCUT2D eigenvalue weighted by atomic mass is 79.9. The van der Waals surface area contributed by atoms with Gasteiger partial charge in [0.15, 0.2) is 0 Å². The second-order valence-electron chi connectivity index (χ2n) is 5.43. The quantitative estimate of drug-likeness (QED) is 0.629. The van der Waals surface area contributed by atoms with Crippen molar-refractivity contribution in [1.82, 2.24) is 10.2 Å². The molecule has 1 aliphatic rings. The number of alkyl halides is 3. The molecule has 1 aromatic heterocycles. The molecule has 0 aliphatic carbocycles. The summed E-state index contributed by atoms with van der Waals surface area (Å²) < 4.78 is 43.5. The fraction of sp³-hybridized carbons (Fsp3) is 0.375. The van der Waals surface area contributed by atoms with Gasteiger partial charge in [-0.05, 0) is 29.6 Å². The van der Waals surface area contributed by atoms with Gasteiger partial charge in [0, 0.05) is 41.1 Å². The lowest BCUT2D eigenvalue weighted by molar-refractivity contribution is -0.275. The molecule has 0 radical (unpaired) electrons. The molecule has 3 rings (SSSR count).